The molecule has 2 unspecified atom stereocenters. The maximum Gasteiger partial charge on any atom is 0.273 e. The maximum absolute atomic E-state index is 12.8. The minimum atomic E-state index is -2.52. The first-order valence-corrected chi connectivity index (χ1v) is 11.3. The number of benzene rings is 2. The average Bonchev–Trinajstić information content (AvgIpc) is 3.45. The molecule has 1 heterocycles. The molecule has 0 bridgehead atoms. The van der Waals surface area contributed by atoms with Crippen LogP contribution >= 0.6 is 24.8 Å². The summed E-state index contributed by atoms with van der Waals surface area (Å²) in [5, 5.41) is 26.9. The van der Waals surface area contributed by atoms with Crippen LogP contribution in [0.3, 0.4) is 0 Å². The number of nitrogens with two attached hydrogens (primary N) is 2. The van der Waals surface area contributed by atoms with E-state index >= 15 is 0 Å². The molecule has 3 aromatic rings. The van der Waals surface area contributed by atoms with E-state index in [9.17, 15) is 19.8 Å². The molecule has 2 amide bonds. The summed E-state index contributed by atoms with van der Waals surface area (Å²) in [6.07, 6.45) is 10.9. The maximum atomic E-state index is 12.8. The molecule has 0 aliphatic carbocycles. The Morgan fingerprint density at radius 1 is 0.692 bits per heavy atom. The molecule has 0 radical (unpaired) electrons. The lowest BCUT2D eigenvalue weighted by Gasteiger charge is -2.21. The first kappa shape index (κ1) is 33.2. The van der Waals surface area contributed by atoms with E-state index in [2.05, 4.69) is 10.6 Å². The van der Waals surface area contributed by atoms with Crippen molar-refractivity contribution >= 4 is 36.6 Å². The number of carbonyl (C=O) groups is 2. The minimum Gasteiger partial charge on any atom is -0.457 e. The van der Waals surface area contributed by atoms with Crippen LogP contribution in [0.1, 0.15) is 33.8 Å². The molecule has 2 aromatic carbocycles. The Labute approximate surface area is 239 Å². The smallest absolute Gasteiger partial charge is 0.273 e. The number of halogens is 2. The number of amides is 2. The molecule has 39 heavy (non-hydrogen) atoms. The second-order valence-electron chi connectivity index (χ2n) is 8.28. The van der Waals surface area contributed by atoms with Crippen LogP contribution < -0.4 is 22.1 Å². The molecule has 0 fully saturated rings. The van der Waals surface area contributed by atoms with Crippen molar-refractivity contribution in [2.45, 2.75) is 37.4 Å². The van der Waals surface area contributed by atoms with E-state index in [1.807, 2.05) is 36.1 Å². The molecular formula is C28H30Cl2N4O5. The van der Waals surface area contributed by atoms with Crippen molar-refractivity contribution < 1.29 is 24.2 Å². The predicted molar refractivity (Wildman–Crippen MR) is 151 cm³/mol. The van der Waals surface area contributed by atoms with Gasteiger partial charge in [0.05, 0.1) is 0 Å². The number of rotatable bonds is 10. The SMILES string of the molecule is C#CC(O)(C(=O)NCc1ccc(CN)cc1)c1ccc(C(O)(C#C)C(=O)NCc2ccc(CN)cc2)o1.Cl.Cl. The number of hydrogen-bond donors (Lipinski definition) is 6. The number of carbonyl (C=O) groups excluding carboxylic acids is 2. The van der Waals surface area contributed by atoms with Gasteiger partial charge < -0.3 is 36.7 Å². The topological polar surface area (TPSA) is 164 Å². The summed E-state index contributed by atoms with van der Waals surface area (Å²) in [7, 11) is 0. The molecule has 11 heteroatoms. The van der Waals surface area contributed by atoms with Gasteiger partial charge in [-0.3, -0.25) is 9.59 Å². The van der Waals surface area contributed by atoms with Crippen LogP contribution in [-0.4, -0.2) is 22.0 Å². The number of furan rings is 1. The highest BCUT2D eigenvalue weighted by Crippen LogP contribution is 2.29. The normalized spacial score (nSPS) is 13.2. The van der Waals surface area contributed by atoms with Crippen molar-refractivity contribution in [2.24, 2.45) is 11.5 Å². The largest absolute Gasteiger partial charge is 0.457 e. The highest BCUT2D eigenvalue weighted by atomic mass is 35.5. The summed E-state index contributed by atoms with van der Waals surface area (Å²) in [5.74, 6) is 1.36. The van der Waals surface area contributed by atoms with Crippen LogP contribution in [0.25, 0.3) is 0 Å². The van der Waals surface area contributed by atoms with Gasteiger partial charge in [0, 0.05) is 26.2 Å². The lowest BCUT2D eigenvalue weighted by molar-refractivity contribution is -0.138. The highest BCUT2D eigenvalue weighted by molar-refractivity contribution is 5.90. The number of nitrogens with one attached hydrogen (secondary N) is 2. The molecule has 2 atom stereocenters. The fourth-order valence-corrected chi connectivity index (χ4v) is 3.43. The van der Waals surface area contributed by atoms with E-state index in [1.165, 1.54) is 12.1 Å². The van der Waals surface area contributed by atoms with Crippen LogP contribution in [0.5, 0.6) is 0 Å². The van der Waals surface area contributed by atoms with Gasteiger partial charge in [-0.2, -0.15) is 0 Å². The first-order valence-electron chi connectivity index (χ1n) is 11.3. The van der Waals surface area contributed by atoms with E-state index in [0.29, 0.717) is 13.1 Å². The highest BCUT2D eigenvalue weighted by Gasteiger charge is 2.44. The van der Waals surface area contributed by atoms with Gasteiger partial charge in [0.2, 0.25) is 0 Å². The molecule has 0 spiro atoms. The van der Waals surface area contributed by atoms with Gasteiger partial charge in [-0.1, -0.05) is 60.4 Å². The zero-order chi connectivity index (χ0) is 27.1. The molecule has 8 N–H and O–H groups in total. The van der Waals surface area contributed by atoms with Crippen molar-refractivity contribution in [1.82, 2.24) is 10.6 Å². The lowest BCUT2D eigenvalue weighted by Crippen LogP contribution is -2.44. The van der Waals surface area contributed by atoms with Gasteiger partial charge in [0.25, 0.3) is 23.0 Å². The summed E-state index contributed by atoms with van der Waals surface area (Å²) in [5.41, 5.74) is 9.47. The van der Waals surface area contributed by atoms with E-state index in [4.69, 9.17) is 28.7 Å². The summed E-state index contributed by atoms with van der Waals surface area (Å²) in [4.78, 5) is 25.6. The zero-order valence-electron chi connectivity index (χ0n) is 20.8. The van der Waals surface area contributed by atoms with Gasteiger partial charge >= 0.3 is 0 Å². The van der Waals surface area contributed by atoms with Gasteiger partial charge in [0.15, 0.2) is 11.5 Å². The molecular weight excluding hydrogens is 543 g/mol. The molecule has 0 aliphatic rings. The number of hydrogen-bond acceptors (Lipinski definition) is 7. The Bertz CT molecular complexity index is 1240. The number of aliphatic hydroxyl groups is 2. The van der Waals surface area contributed by atoms with Crippen LogP contribution in [0.15, 0.2) is 65.1 Å². The second-order valence-corrected chi connectivity index (χ2v) is 8.28. The van der Waals surface area contributed by atoms with E-state index < -0.39 is 23.0 Å². The van der Waals surface area contributed by atoms with Crippen LogP contribution in [-0.2, 0) is 47.0 Å². The minimum absolute atomic E-state index is 0. The van der Waals surface area contributed by atoms with Crippen molar-refractivity contribution in [2.75, 3.05) is 0 Å². The Hall–Kier alpha value is -3.80. The van der Waals surface area contributed by atoms with E-state index in [0.717, 1.165) is 22.3 Å². The quantitative estimate of drug-likeness (QED) is 0.199. The molecule has 0 saturated heterocycles. The van der Waals surface area contributed by atoms with Crippen molar-refractivity contribution in [3.8, 4) is 24.7 Å². The average molecular weight is 573 g/mol. The Morgan fingerprint density at radius 3 is 1.28 bits per heavy atom. The lowest BCUT2D eigenvalue weighted by atomic mass is 10.00. The molecule has 3 rings (SSSR count). The van der Waals surface area contributed by atoms with Crippen molar-refractivity contribution in [3.63, 3.8) is 0 Å². The van der Waals surface area contributed by atoms with Crippen molar-refractivity contribution in [3.05, 3.63) is 94.4 Å². The van der Waals surface area contributed by atoms with E-state index in [1.54, 1.807) is 24.3 Å². The third kappa shape index (κ3) is 7.41. The number of terminal acetylenes is 2. The Morgan fingerprint density at radius 2 is 1.00 bits per heavy atom. The Balaban J connectivity index is 0.00000380. The molecule has 1 aromatic heterocycles. The van der Waals surface area contributed by atoms with Gasteiger partial charge in [-0.05, 0) is 34.4 Å². The summed E-state index contributed by atoms with van der Waals surface area (Å²) < 4.78 is 5.47. The summed E-state index contributed by atoms with van der Waals surface area (Å²) >= 11 is 0. The fraction of sp³-hybridized carbons (Fsp3) is 0.214. The van der Waals surface area contributed by atoms with Gasteiger partial charge in [-0.25, -0.2) is 0 Å². The molecule has 206 valence electrons. The van der Waals surface area contributed by atoms with Gasteiger partial charge in [0.1, 0.15) is 0 Å². The zero-order valence-corrected chi connectivity index (χ0v) is 22.5. The predicted octanol–water partition coefficient (Wildman–Crippen LogP) is 1.31. The monoisotopic (exact) mass is 572 g/mol. The second kappa shape index (κ2) is 14.4. The summed E-state index contributed by atoms with van der Waals surface area (Å²) in [6, 6.07) is 16.7. The third-order valence-electron chi connectivity index (χ3n) is 5.82. The molecule has 0 aliphatic heterocycles. The van der Waals surface area contributed by atoms with Crippen LogP contribution in [0, 0.1) is 24.7 Å². The molecule has 9 nitrogen and oxygen atoms in total. The van der Waals surface area contributed by atoms with Crippen LogP contribution in [0.2, 0.25) is 0 Å². The van der Waals surface area contributed by atoms with Crippen molar-refractivity contribution in [1.29, 1.82) is 0 Å². The standard InChI is InChI=1S/C28H28N4O5.2ClH/c1-3-27(35,25(33)31-17-21-9-5-19(15-29)6-10-21)23-13-14-24(37-23)28(36,4-2)26(34)32-18-22-11-7-20(16-30)8-12-22;;/h1-2,5-14,35-36H,15-18,29-30H2,(H,31,33)(H,32,34);2*1H. The van der Waals surface area contributed by atoms with E-state index in [-0.39, 0.29) is 49.4 Å². The summed E-state index contributed by atoms with van der Waals surface area (Å²) in [6.45, 7) is 0.914. The van der Waals surface area contributed by atoms with Crippen LogP contribution in [0.4, 0.5) is 0 Å². The Kier molecular flexibility index (Phi) is 12.3. The first-order chi connectivity index (χ1) is 17.7. The molecule has 0 saturated carbocycles. The fourth-order valence-electron chi connectivity index (χ4n) is 3.43. The third-order valence-corrected chi connectivity index (χ3v) is 5.82. The van der Waals surface area contributed by atoms with Gasteiger partial charge in [-0.15, -0.1) is 37.7 Å².